The number of halogens is 4. The molecule has 1 aromatic heterocycles. The van der Waals surface area contributed by atoms with E-state index in [1.807, 2.05) is 0 Å². The van der Waals surface area contributed by atoms with Crippen LogP contribution in [0, 0.1) is 5.95 Å². The molecule has 17 heavy (non-hydrogen) atoms. The van der Waals surface area contributed by atoms with E-state index in [-0.39, 0.29) is 18.5 Å². The first-order chi connectivity index (χ1) is 7.88. The summed E-state index contributed by atoms with van der Waals surface area (Å²) in [5, 5.41) is 2.27. The van der Waals surface area contributed by atoms with Gasteiger partial charge in [0.2, 0.25) is 5.95 Å². The van der Waals surface area contributed by atoms with Gasteiger partial charge in [-0.25, -0.2) is 4.98 Å². The number of nitrogens with one attached hydrogen (secondary N) is 1. The Morgan fingerprint density at radius 1 is 1.41 bits per heavy atom. The van der Waals surface area contributed by atoms with Gasteiger partial charge in [0, 0.05) is 30.8 Å². The van der Waals surface area contributed by atoms with Gasteiger partial charge in [-0.1, -0.05) is 0 Å². The van der Waals surface area contributed by atoms with Gasteiger partial charge >= 0.3 is 6.18 Å². The smallest absolute Gasteiger partial charge is 0.352 e. The molecule has 0 saturated heterocycles. The first-order valence-corrected chi connectivity index (χ1v) is 4.85. The number of rotatable bonds is 4. The molecule has 0 aliphatic rings. The second-order valence-electron chi connectivity index (χ2n) is 3.34. The topological polar surface area (TPSA) is 42.0 Å². The SMILES string of the molecule is O=C(NCCCC(F)(F)F)c1ccnc(F)c1. The second-order valence-corrected chi connectivity index (χ2v) is 3.34. The Morgan fingerprint density at radius 3 is 2.71 bits per heavy atom. The van der Waals surface area contributed by atoms with Crippen molar-refractivity contribution in [3.63, 3.8) is 0 Å². The number of alkyl halides is 3. The summed E-state index contributed by atoms with van der Waals surface area (Å²) >= 11 is 0. The van der Waals surface area contributed by atoms with Gasteiger partial charge in [0.15, 0.2) is 0 Å². The number of hydrogen-bond donors (Lipinski definition) is 1. The van der Waals surface area contributed by atoms with Crippen LogP contribution in [0.2, 0.25) is 0 Å². The van der Waals surface area contributed by atoms with Crippen molar-refractivity contribution >= 4 is 5.91 Å². The molecule has 0 atom stereocenters. The van der Waals surface area contributed by atoms with E-state index in [0.29, 0.717) is 0 Å². The van der Waals surface area contributed by atoms with Gasteiger partial charge in [0.25, 0.3) is 5.91 Å². The van der Waals surface area contributed by atoms with E-state index in [0.717, 1.165) is 12.3 Å². The first-order valence-electron chi connectivity index (χ1n) is 4.85. The van der Waals surface area contributed by atoms with E-state index < -0.39 is 24.5 Å². The molecule has 0 radical (unpaired) electrons. The van der Waals surface area contributed by atoms with Crippen molar-refractivity contribution in [2.75, 3.05) is 6.54 Å². The van der Waals surface area contributed by atoms with Crippen molar-refractivity contribution in [1.82, 2.24) is 10.3 Å². The van der Waals surface area contributed by atoms with Crippen LogP contribution < -0.4 is 5.32 Å². The molecule has 7 heteroatoms. The van der Waals surface area contributed by atoms with Gasteiger partial charge in [-0.05, 0) is 12.5 Å². The molecule has 0 aromatic carbocycles. The predicted octanol–water partition coefficient (Wildman–Crippen LogP) is 2.29. The molecule has 1 heterocycles. The van der Waals surface area contributed by atoms with Crippen LogP contribution >= 0.6 is 0 Å². The Balaban J connectivity index is 2.36. The van der Waals surface area contributed by atoms with E-state index in [2.05, 4.69) is 10.3 Å². The van der Waals surface area contributed by atoms with Crippen LogP contribution in [0.15, 0.2) is 18.3 Å². The zero-order valence-electron chi connectivity index (χ0n) is 8.72. The number of aromatic nitrogens is 1. The third-order valence-electron chi connectivity index (χ3n) is 1.91. The molecular formula is C10H10F4N2O. The molecule has 0 aliphatic carbocycles. The van der Waals surface area contributed by atoms with E-state index in [1.165, 1.54) is 6.07 Å². The average molecular weight is 250 g/mol. The molecular weight excluding hydrogens is 240 g/mol. The number of carbonyl (C=O) groups excluding carboxylic acids is 1. The Bertz CT molecular complexity index is 392. The fourth-order valence-corrected chi connectivity index (χ4v) is 1.14. The number of amides is 1. The largest absolute Gasteiger partial charge is 0.389 e. The Morgan fingerprint density at radius 2 is 2.12 bits per heavy atom. The zero-order chi connectivity index (χ0) is 12.9. The Labute approximate surface area is 94.8 Å². The normalized spacial score (nSPS) is 11.3. The van der Waals surface area contributed by atoms with Gasteiger partial charge in [0.05, 0.1) is 0 Å². The van der Waals surface area contributed by atoms with Crippen molar-refractivity contribution in [1.29, 1.82) is 0 Å². The Kier molecular flexibility index (Phi) is 4.42. The van der Waals surface area contributed by atoms with Crippen LogP contribution in [0.1, 0.15) is 23.2 Å². The summed E-state index contributed by atoms with van der Waals surface area (Å²) in [6, 6.07) is 2.20. The zero-order valence-corrected chi connectivity index (χ0v) is 8.72. The fraction of sp³-hybridized carbons (Fsp3) is 0.400. The molecule has 94 valence electrons. The molecule has 1 amide bonds. The lowest BCUT2D eigenvalue weighted by molar-refractivity contribution is -0.135. The maximum atomic E-state index is 12.6. The summed E-state index contributed by atoms with van der Waals surface area (Å²) in [4.78, 5) is 14.6. The average Bonchev–Trinajstić information content (AvgIpc) is 2.23. The molecule has 0 spiro atoms. The molecule has 1 aromatic rings. The Hall–Kier alpha value is -1.66. The van der Waals surface area contributed by atoms with E-state index in [9.17, 15) is 22.4 Å². The quantitative estimate of drug-likeness (QED) is 0.506. The molecule has 1 rings (SSSR count). The van der Waals surface area contributed by atoms with E-state index >= 15 is 0 Å². The minimum Gasteiger partial charge on any atom is -0.352 e. The van der Waals surface area contributed by atoms with Gasteiger partial charge < -0.3 is 5.32 Å². The van der Waals surface area contributed by atoms with Crippen molar-refractivity contribution in [3.05, 3.63) is 29.8 Å². The number of carbonyl (C=O) groups is 1. The predicted molar refractivity (Wildman–Crippen MR) is 51.8 cm³/mol. The van der Waals surface area contributed by atoms with Crippen LogP contribution in [0.5, 0.6) is 0 Å². The summed E-state index contributed by atoms with van der Waals surface area (Å²) in [6.07, 6.45) is -4.28. The monoisotopic (exact) mass is 250 g/mol. The van der Waals surface area contributed by atoms with Crippen molar-refractivity contribution < 1.29 is 22.4 Å². The van der Waals surface area contributed by atoms with Crippen LogP contribution in [0.3, 0.4) is 0 Å². The van der Waals surface area contributed by atoms with Crippen molar-refractivity contribution in [2.24, 2.45) is 0 Å². The highest BCUT2D eigenvalue weighted by molar-refractivity contribution is 5.93. The summed E-state index contributed by atoms with van der Waals surface area (Å²) in [7, 11) is 0. The summed E-state index contributed by atoms with van der Waals surface area (Å²) in [5.41, 5.74) is 0.0320. The van der Waals surface area contributed by atoms with Gasteiger partial charge in [0.1, 0.15) is 0 Å². The van der Waals surface area contributed by atoms with E-state index in [4.69, 9.17) is 0 Å². The number of hydrogen-bond acceptors (Lipinski definition) is 2. The molecule has 0 unspecified atom stereocenters. The van der Waals surface area contributed by atoms with Crippen LogP contribution in [-0.2, 0) is 0 Å². The third-order valence-corrected chi connectivity index (χ3v) is 1.91. The highest BCUT2D eigenvalue weighted by Gasteiger charge is 2.25. The number of pyridine rings is 1. The maximum absolute atomic E-state index is 12.6. The minimum atomic E-state index is -4.23. The van der Waals surface area contributed by atoms with Gasteiger partial charge in [-0.2, -0.15) is 17.6 Å². The molecule has 1 N–H and O–H groups in total. The van der Waals surface area contributed by atoms with Gasteiger partial charge in [-0.15, -0.1) is 0 Å². The van der Waals surface area contributed by atoms with E-state index in [1.54, 1.807) is 0 Å². The van der Waals surface area contributed by atoms with Crippen molar-refractivity contribution in [3.8, 4) is 0 Å². The first kappa shape index (κ1) is 13.4. The second kappa shape index (κ2) is 5.60. The lowest BCUT2D eigenvalue weighted by atomic mass is 10.2. The summed E-state index contributed by atoms with van der Waals surface area (Å²) in [6.45, 7) is -0.109. The molecule has 0 saturated carbocycles. The lowest BCUT2D eigenvalue weighted by Gasteiger charge is -2.07. The minimum absolute atomic E-state index is 0.0320. The molecule has 0 fully saturated rings. The third kappa shape index (κ3) is 5.28. The molecule has 3 nitrogen and oxygen atoms in total. The highest BCUT2D eigenvalue weighted by atomic mass is 19.4. The molecule has 0 aliphatic heterocycles. The van der Waals surface area contributed by atoms with Crippen LogP contribution in [0.4, 0.5) is 17.6 Å². The molecule has 0 bridgehead atoms. The number of nitrogens with zero attached hydrogens (tertiary/aromatic N) is 1. The fourth-order valence-electron chi connectivity index (χ4n) is 1.14. The summed E-state index contributed by atoms with van der Waals surface area (Å²) in [5.74, 6) is -1.43. The van der Waals surface area contributed by atoms with Gasteiger partial charge in [-0.3, -0.25) is 4.79 Å². The van der Waals surface area contributed by atoms with Crippen molar-refractivity contribution in [2.45, 2.75) is 19.0 Å². The van der Waals surface area contributed by atoms with Crippen LogP contribution in [0.25, 0.3) is 0 Å². The maximum Gasteiger partial charge on any atom is 0.389 e. The summed E-state index contributed by atoms with van der Waals surface area (Å²) < 4.78 is 48.0. The highest BCUT2D eigenvalue weighted by Crippen LogP contribution is 2.20. The van der Waals surface area contributed by atoms with Crippen LogP contribution in [-0.4, -0.2) is 23.6 Å². The lowest BCUT2D eigenvalue weighted by Crippen LogP contribution is -2.25. The standard InChI is InChI=1S/C10H10F4N2O/c11-8-6-7(2-5-15-8)9(17)16-4-1-3-10(12,13)14/h2,5-6H,1,3-4H2,(H,16,17).